The van der Waals surface area contributed by atoms with Gasteiger partial charge in [0.2, 0.25) is 0 Å². The summed E-state index contributed by atoms with van der Waals surface area (Å²) in [6.45, 7) is 10.8. The molecule has 0 N–H and O–H groups in total. The van der Waals surface area contributed by atoms with E-state index in [-0.39, 0.29) is 11.0 Å². The lowest BCUT2D eigenvalue weighted by molar-refractivity contribution is -0.532. The summed E-state index contributed by atoms with van der Waals surface area (Å²) < 4.78 is 1.26. The van der Waals surface area contributed by atoms with Crippen LogP contribution < -0.4 is 0 Å². The van der Waals surface area contributed by atoms with Crippen LogP contribution in [0.2, 0.25) is 0 Å². The number of hydrogen-bond donors (Lipinski definition) is 0. The highest BCUT2D eigenvalue weighted by Crippen LogP contribution is 2.43. The van der Waals surface area contributed by atoms with E-state index in [1.165, 1.54) is 15.9 Å². The second-order valence-corrected chi connectivity index (χ2v) is 6.51. The van der Waals surface area contributed by atoms with E-state index in [0.29, 0.717) is 0 Å². The zero-order valence-electron chi connectivity index (χ0n) is 10.5. The molecule has 0 radical (unpaired) electrons. The number of rotatable bonds is 0. The maximum atomic E-state index is 12.1. The topological polar surface area (TPSA) is 26.1 Å². The maximum absolute atomic E-state index is 12.1. The molecule has 2 aliphatic rings. The summed E-state index contributed by atoms with van der Waals surface area (Å²) in [6, 6.07) is 0. The zero-order valence-corrected chi connectivity index (χ0v) is 10.5. The first-order valence-electron chi connectivity index (χ1n) is 5.75. The van der Waals surface area contributed by atoms with Crippen LogP contribution in [0.5, 0.6) is 0 Å². The summed E-state index contributed by atoms with van der Waals surface area (Å²) in [4.78, 5) is 0. The molecule has 1 aliphatic heterocycles. The van der Waals surface area contributed by atoms with Gasteiger partial charge in [0.25, 0.3) is 0 Å². The van der Waals surface area contributed by atoms with Gasteiger partial charge >= 0.3 is 0 Å². The van der Waals surface area contributed by atoms with Gasteiger partial charge in [-0.3, -0.25) is 0 Å². The summed E-state index contributed by atoms with van der Waals surface area (Å²) in [7, 11) is 0. The Kier molecular flexibility index (Phi) is 2.05. The van der Waals surface area contributed by atoms with Crippen molar-refractivity contribution in [1.29, 1.82) is 0 Å². The van der Waals surface area contributed by atoms with Gasteiger partial charge < -0.3 is 5.21 Å². The first-order valence-corrected chi connectivity index (χ1v) is 5.75. The van der Waals surface area contributed by atoms with E-state index in [2.05, 4.69) is 20.8 Å². The summed E-state index contributed by atoms with van der Waals surface area (Å²) in [6.07, 6.45) is 3.00. The van der Waals surface area contributed by atoms with Crippen LogP contribution in [0.15, 0.2) is 11.1 Å². The molecule has 0 aromatic rings. The maximum Gasteiger partial charge on any atom is 0.191 e. The number of fused-ring (bicyclic) bond motifs is 1. The van der Waals surface area contributed by atoms with Crippen LogP contribution in [0.1, 0.15) is 53.9 Å². The van der Waals surface area contributed by atoms with Crippen LogP contribution >= 0.6 is 0 Å². The van der Waals surface area contributed by atoms with Gasteiger partial charge in [-0.25, -0.2) is 4.74 Å². The minimum absolute atomic E-state index is 0.230. The standard InChI is InChI=1S/C13H21NO/c1-9-6-12(2,3)8-11-10(9)7-13(4,5)14(11)15/h6-8H2,1-5H3. The number of allylic oxidation sites excluding steroid dienone is 1. The highest BCUT2D eigenvalue weighted by Gasteiger charge is 2.45. The van der Waals surface area contributed by atoms with Crippen molar-refractivity contribution in [1.82, 2.24) is 0 Å². The molecule has 1 heterocycles. The predicted molar refractivity (Wildman–Crippen MR) is 63.0 cm³/mol. The van der Waals surface area contributed by atoms with Crippen LogP contribution in [0, 0.1) is 10.6 Å². The van der Waals surface area contributed by atoms with Gasteiger partial charge in [0.05, 0.1) is 0 Å². The van der Waals surface area contributed by atoms with E-state index in [1.807, 2.05) is 13.8 Å². The van der Waals surface area contributed by atoms with Crippen LogP contribution in [-0.4, -0.2) is 16.0 Å². The Bertz CT molecular complexity index is 372. The van der Waals surface area contributed by atoms with E-state index in [1.54, 1.807) is 0 Å². The Labute approximate surface area is 92.3 Å². The fourth-order valence-corrected chi connectivity index (χ4v) is 3.01. The molecule has 0 aromatic heterocycles. The molecule has 2 rings (SSSR count). The molecule has 1 aliphatic carbocycles. The second-order valence-electron chi connectivity index (χ2n) is 6.51. The Morgan fingerprint density at radius 2 is 1.67 bits per heavy atom. The number of hydrogen-bond acceptors (Lipinski definition) is 1. The highest BCUT2D eigenvalue weighted by atomic mass is 16.5. The van der Waals surface area contributed by atoms with Gasteiger partial charge in [-0.1, -0.05) is 19.4 Å². The molecule has 0 bridgehead atoms. The van der Waals surface area contributed by atoms with Crippen molar-refractivity contribution in [3.05, 3.63) is 16.4 Å². The Morgan fingerprint density at radius 3 is 2.27 bits per heavy atom. The molecular formula is C13H21NO. The highest BCUT2D eigenvalue weighted by molar-refractivity contribution is 5.99. The van der Waals surface area contributed by atoms with E-state index in [0.717, 1.165) is 25.0 Å². The van der Waals surface area contributed by atoms with Crippen molar-refractivity contribution in [3.8, 4) is 0 Å². The lowest BCUT2D eigenvalue weighted by atomic mass is 9.73. The van der Waals surface area contributed by atoms with Crippen LogP contribution in [-0.2, 0) is 0 Å². The minimum atomic E-state index is -0.230. The fourth-order valence-electron chi connectivity index (χ4n) is 3.01. The summed E-state index contributed by atoms with van der Waals surface area (Å²) in [5, 5.41) is 12.1. The van der Waals surface area contributed by atoms with E-state index in [9.17, 15) is 5.21 Å². The van der Waals surface area contributed by atoms with Crippen molar-refractivity contribution < 1.29 is 4.74 Å². The van der Waals surface area contributed by atoms with Crippen molar-refractivity contribution in [2.45, 2.75) is 59.4 Å². The second kappa shape index (κ2) is 2.87. The third kappa shape index (κ3) is 1.60. The third-order valence-corrected chi connectivity index (χ3v) is 3.66. The molecule has 0 saturated carbocycles. The molecular weight excluding hydrogens is 186 g/mol. The Hall–Kier alpha value is -0.790. The smallest absolute Gasteiger partial charge is 0.191 e. The molecule has 84 valence electrons. The van der Waals surface area contributed by atoms with Crippen molar-refractivity contribution in [2.24, 2.45) is 5.41 Å². The first-order chi connectivity index (χ1) is 6.73. The molecule has 2 nitrogen and oxygen atoms in total. The molecule has 15 heavy (non-hydrogen) atoms. The molecule has 0 spiro atoms. The van der Waals surface area contributed by atoms with Crippen molar-refractivity contribution in [3.63, 3.8) is 0 Å². The minimum Gasteiger partial charge on any atom is -0.623 e. The van der Waals surface area contributed by atoms with Crippen molar-refractivity contribution >= 4 is 5.71 Å². The fraction of sp³-hybridized carbons (Fsp3) is 0.769. The van der Waals surface area contributed by atoms with Crippen LogP contribution in [0.3, 0.4) is 0 Å². The monoisotopic (exact) mass is 207 g/mol. The Morgan fingerprint density at radius 1 is 1.07 bits per heavy atom. The molecule has 0 amide bonds. The average Bonchev–Trinajstić information content (AvgIpc) is 2.26. The molecule has 0 aromatic carbocycles. The lowest BCUT2D eigenvalue weighted by Gasteiger charge is -2.29. The van der Waals surface area contributed by atoms with Gasteiger partial charge in [0.1, 0.15) is 0 Å². The normalized spacial score (nSPS) is 28.3. The predicted octanol–water partition coefficient (Wildman–Crippen LogP) is 3.26. The summed E-state index contributed by atoms with van der Waals surface area (Å²) in [5.41, 5.74) is 3.84. The van der Waals surface area contributed by atoms with E-state index < -0.39 is 0 Å². The molecule has 2 heteroatoms. The summed E-state index contributed by atoms with van der Waals surface area (Å²) >= 11 is 0. The van der Waals surface area contributed by atoms with Gasteiger partial charge in [-0.15, -0.1) is 0 Å². The molecule has 0 saturated heterocycles. The Balaban J connectivity index is 2.52. The van der Waals surface area contributed by atoms with Crippen LogP contribution in [0.4, 0.5) is 0 Å². The molecule has 0 atom stereocenters. The van der Waals surface area contributed by atoms with Gasteiger partial charge in [-0.05, 0) is 18.8 Å². The van der Waals surface area contributed by atoms with Crippen molar-refractivity contribution in [2.75, 3.05) is 0 Å². The van der Waals surface area contributed by atoms with Gasteiger partial charge in [0, 0.05) is 32.3 Å². The molecule has 0 unspecified atom stereocenters. The lowest BCUT2D eigenvalue weighted by Crippen LogP contribution is -2.31. The average molecular weight is 207 g/mol. The first kappa shape index (κ1) is 10.7. The van der Waals surface area contributed by atoms with Gasteiger partial charge in [0.15, 0.2) is 11.3 Å². The van der Waals surface area contributed by atoms with E-state index >= 15 is 0 Å². The zero-order chi connectivity index (χ0) is 11.4. The quantitative estimate of drug-likeness (QED) is 0.442. The summed E-state index contributed by atoms with van der Waals surface area (Å²) in [5.74, 6) is 0. The third-order valence-electron chi connectivity index (χ3n) is 3.66. The SMILES string of the molecule is CC1=C2CC(C)(C)[N+]([O-])=C2CC(C)(C)C1. The largest absolute Gasteiger partial charge is 0.623 e. The number of nitrogens with zero attached hydrogens (tertiary/aromatic N) is 1. The van der Waals surface area contributed by atoms with E-state index in [4.69, 9.17) is 0 Å². The van der Waals surface area contributed by atoms with Crippen LogP contribution in [0.25, 0.3) is 0 Å². The number of hydroxylamine groups is 1. The molecule has 0 fully saturated rings. The van der Waals surface area contributed by atoms with Gasteiger partial charge in [-0.2, -0.15) is 0 Å².